The lowest BCUT2D eigenvalue weighted by atomic mass is 10.2. The maximum atomic E-state index is 12.8. The molecule has 1 N–H and O–H groups in total. The predicted molar refractivity (Wildman–Crippen MR) is 106 cm³/mol. The molecule has 0 atom stereocenters. The molecule has 1 fully saturated rings. The molecular formula is C19H18N2O6S2. The van der Waals surface area contributed by atoms with Crippen molar-refractivity contribution in [2.45, 2.75) is 11.5 Å². The van der Waals surface area contributed by atoms with Gasteiger partial charge in [-0.15, -0.1) is 11.3 Å². The van der Waals surface area contributed by atoms with Gasteiger partial charge < -0.3 is 14.6 Å². The van der Waals surface area contributed by atoms with Gasteiger partial charge in [-0.05, 0) is 30.3 Å². The van der Waals surface area contributed by atoms with E-state index in [2.05, 4.69) is 4.98 Å². The van der Waals surface area contributed by atoms with Crippen molar-refractivity contribution in [2.24, 2.45) is 0 Å². The van der Waals surface area contributed by atoms with E-state index in [0.717, 1.165) is 16.3 Å². The average molecular weight is 434 g/mol. The van der Waals surface area contributed by atoms with Gasteiger partial charge in [-0.2, -0.15) is 4.31 Å². The van der Waals surface area contributed by atoms with Crippen LogP contribution in [-0.4, -0.2) is 55.1 Å². The molecule has 2 aromatic carbocycles. The van der Waals surface area contributed by atoms with E-state index in [0.29, 0.717) is 18.2 Å². The third-order valence-corrected chi connectivity index (χ3v) is 7.37. The van der Waals surface area contributed by atoms with Crippen molar-refractivity contribution < 1.29 is 27.8 Å². The molecule has 152 valence electrons. The number of benzene rings is 2. The first-order valence-corrected chi connectivity index (χ1v) is 11.1. The molecule has 10 heteroatoms. The minimum Gasteiger partial charge on any atom is -0.507 e. The van der Waals surface area contributed by atoms with E-state index in [1.807, 2.05) is 24.3 Å². The van der Waals surface area contributed by atoms with Crippen LogP contribution < -0.4 is 0 Å². The highest BCUT2D eigenvalue weighted by molar-refractivity contribution is 7.89. The van der Waals surface area contributed by atoms with E-state index >= 15 is 0 Å². The minimum atomic E-state index is -3.80. The van der Waals surface area contributed by atoms with Gasteiger partial charge in [0.25, 0.3) is 0 Å². The first-order chi connectivity index (χ1) is 13.9. The van der Waals surface area contributed by atoms with Gasteiger partial charge in [0.1, 0.15) is 22.9 Å². The molecule has 0 spiro atoms. The number of carbonyl (C=O) groups is 1. The van der Waals surface area contributed by atoms with Crippen LogP contribution >= 0.6 is 11.3 Å². The Labute approximate surface area is 171 Å². The fourth-order valence-corrected chi connectivity index (χ4v) is 5.28. The molecule has 0 amide bonds. The van der Waals surface area contributed by atoms with Crippen LogP contribution in [0, 0.1) is 0 Å². The lowest BCUT2D eigenvalue weighted by Gasteiger charge is -2.26. The fourth-order valence-electron chi connectivity index (χ4n) is 2.96. The number of fused-ring (bicyclic) bond motifs is 1. The number of thiazole rings is 1. The molecule has 1 aliphatic heterocycles. The Morgan fingerprint density at radius 3 is 2.72 bits per heavy atom. The number of morpholine rings is 1. The number of hydrogen-bond donors (Lipinski definition) is 1. The number of hydrogen-bond acceptors (Lipinski definition) is 8. The number of phenolic OH excluding ortho intramolecular Hbond substituents is 1. The number of sulfonamides is 1. The Bertz CT molecular complexity index is 1120. The molecule has 2 heterocycles. The van der Waals surface area contributed by atoms with Gasteiger partial charge >= 0.3 is 5.97 Å². The van der Waals surface area contributed by atoms with Gasteiger partial charge in [-0.1, -0.05) is 12.1 Å². The number of esters is 1. The Morgan fingerprint density at radius 2 is 1.97 bits per heavy atom. The van der Waals surface area contributed by atoms with Crippen LogP contribution in [0.15, 0.2) is 47.4 Å². The molecule has 0 radical (unpaired) electrons. The van der Waals surface area contributed by atoms with Crippen LogP contribution in [0.1, 0.15) is 15.4 Å². The van der Waals surface area contributed by atoms with Gasteiger partial charge in [0.15, 0.2) is 0 Å². The van der Waals surface area contributed by atoms with E-state index in [-0.39, 0.29) is 35.9 Å². The first-order valence-electron chi connectivity index (χ1n) is 8.87. The first kappa shape index (κ1) is 19.8. The summed E-state index contributed by atoms with van der Waals surface area (Å²) in [6.45, 7) is 1.03. The largest absolute Gasteiger partial charge is 0.507 e. The maximum absolute atomic E-state index is 12.8. The second-order valence-electron chi connectivity index (χ2n) is 6.35. The van der Waals surface area contributed by atoms with Crippen molar-refractivity contribution in [2.75, 3.05) is 26.3 Å². The van der Waals surface area contributed by atoms with Crippen LogP contribution in [0.2, 0.25) is 0 Å². The summed E-state index contributed by atoms with van der Waals surface area (Å²) in [7, 11) is -3.80. The molecule has 0 aliphatic carbocycles. The number of carbonyl (C=O) groups excluding carboxylic acids is 1. The summed E-state index contributed by atoms with van der Waals surface area (Å²) in [5.41, 5.74) is 0.602. The van der Waals surface area contributed by atoms with Crippen molar-refractivity contribution >= 4 is 37.5 Å². The Hall–Kier alpha value is -2.53. The molecule has 3 aromatic rings. The maximum Gasteiger partial charge on any atom is 0.342 e. The summed E-state index contributed by atoms with van der Waals surface area (Å²) in [5.74, 6) is -1.17. The molecular weight excluding hydrogens is 416 g/mol. The molecule has 1 aliphatic rings. The van der Waals surface area contributed by atoms with Crippen molar-refractivity contribution in [3.05, 3.63) is 53.0 Å². The normalized spacial score (nSPS) is 15.4. The SMILES string of the molecule is O=C(OCc1nc2ccccc2s1)c1cc(S(=O)(=O)N2CCOCC2)ccc1O. The van der Waals surface area contributed by atoms with Gasteiger partial charge in [0.2, 0.25) is 10.0 Å². The Kier molecular flexibility index (Phi) is 5.50. The monoisotopic (exact) mass is 434 g/mol. The Morgan fingerprint density at radius 1 is 1.21 bits per heavy atom. The van der Waals surface area contributed by atoms with E-state index in [9.17, 15) is 18.3 Å². The zero-order valence-corrected chi connectivity index (χ0v) is 16.9. The molecule has 0 unspecified atom stereocenters. The number of ether oxygens (including phenoxy) is 2. The number of rotatable bonds is 5. The second-order valence-corrected chi connectivity index (χ2v) is 9.40. The zero-order valence-electron chi connectivity index (χ0n) is 15.3. The van der Waals surface area contributed by atoms with Crippen molar-refractivity contribution in [3.8, 4) is 5.75 Å². The van der Waals surface area contributed by atoms with Crippen LogP contribution in [0.4, 0.5) is 0 Å². The summed E-state index contributed by atoms with van der Waals surface area (Å²) >= 11 is 1.40. The molecule has 0 saturated carbocycles. The van der Waals surface area contributed by atoms with E-state index in [4.69, 9.17) is 9.47 Å². The van der Waals surface area contributed by atoms with Gasteiger partial charge in [0.05, 0.1) is 28.3 Å². The smallest absolute Gasteiger partial charge is 0.342 e. The zero-order chi connectivity index (χ0) is 20.4. The lowest BCUT2D eigenvalue weighted by Crippen LogP contribution is -2.40. The van der Waals surface area contributed by atoms with Gasteiger partial charge in [0, 0.05) is 13.1 Å². The number of nitrogens with zero attached hydrogens (tertiary/aromatic N) is 2. The molecule has 0 bridgehead atoms. The molecule has 1 saturated heterocycles. The highest BCUT2D eigenvalue weighted by atomic mass is 32.2. The van der Waals surface area contributed by atoms with Crippen LogP contribution in [0.3, 0.4) is 0 Å². The highest BCUT2D eigenvalue weighted by Crippen LogP contribution is 2.26. The summed E-state index contributed by atoms with van der Waals surface area (Å²) in [6.07, 6.45) is 0. The van der Waals surface area contributed by atoms with Gasteiger partial charge in [-0.25, -0.2) is 18.2 Å². The fraction of sp³-hybridized carbons (Fsp3) is 0.263. The van der Waals surface area contributed by atoms with E-state index in [1.54, 1.807) is 0 Å². The lowest BCUT2D eigenvalue weighted by molar-refractivity contribution is 0.0469. The number of para-hydroxylation sites is 1. The predicted octanol–water partition coefficient (Wildman–Crippen LogP) is 2.38. The van der Waals surface area contributed by atoms with Crippen molar-refractivity contribution in [1.29, 1.82) is 0 Å². The van der Waals surface area contributed by atoms with Crippen molar-refractivity contribution in [3.63, 3.8) is 0 Å². The standard InChI is InChI=1S/C19H18N2O6S2/c22-16-6-5-13(29(24,25)21-7-9-26-10-8-21)11-14(16)19(23)27-12-18-20-15-3-1-2-4-17(15)28-18/h1-6,11,22H,7-10,12H2. The van der Waals surface area contributed by atoms with Crippen molar-refractivity contribution in [1.82, 2.24) is 9.29 Å². The van der Waals surface area contributed by atoms with Crippen LogP contribution in [0.25, 0.3) is 10.2 Å². The quantitative estimate of drug-likeness (QED) is 0.615. The molecule has 29 heavy (non-hydrogen) atoms. The van der Waals surface area contributed by atoms with Crippen LogP contribution in [-0.2, 0) is 26.1 Å². The second kappa shape index (κ2) is 8.07. The molecule has 4 rings (SSSR count). The van der Waals surface area contributed by atoms with E-state index < -0.39 is 16.0 Å². The summed E-state index contributed by atoms with van der Waals surface area (Å²) in [6, 6.07) is 11.1. The summed E-state index contributed by atoms with van der Waals surface area (Å²) < 4.78 is 38.3. The summed E-state index contributed by atoms with van der Waals surface area (Å²) in [5, 5.41) is 10.7. The topological polar surface area (TPSA) is 106 Å². The number of aromatic nitrogens is 1. The third-order valence-electron chi connectivity index (χ3n) is 4.46. The average Bonchev–Trinajstić information content (AvgIpc) is 3.16. The van der Waals surface area contributed by atoms with E-state index in [1.165, 1.54) is 27.8 Å². The number of aromatic hydroxyl groups is 1. The minimum absolute atomic E-state index is 0.0714. The highest BCUT2D eigenvalue weighted by Gasteiger charge is 2.28. The molecule has 8 nitrogen and oxygen atoms in total. The molecule has 1 aromatic heterocycles. The Balaban J connectivity index is 1.52. The summed E-state index contributed by atoms with van der Waals surface area (Å²) in [4.78, 5) is 16.8. The van der Waals surface area contributed by atoms with Crippen LogP contribution in [0.5, 0.6) is 5.75 Å². The third kappa shape index (κ3) is 4.10. The van der Waals surface area contributed by atoms with Gasteiger partial charge in [-0.3, -0.25) is 0 Å². The number of phenols is 1.